The van der Waals surface area contributed by atoms with Gasteiger partial charge >= 0.3 is 6.18 Å². The molecular formula is C21H23F3N4O3. The van der Waals surface area contributed by atoms with Gasteiger partial charge < -0.3 is 19.7 Å². The number of aromatic nitrogens is 2. The van der Waals surface area contributed by atoms with Gasteiger partial charge in [0.15, 0.2) is 11.5 Å². The molecule has 1 N–H and O–H groups in total. The second kappa shape index (κ2) is 8.24. The standard InChI is InChI=1S/C21H23F3N4O3/c1-12-19(31-16-6-4-3-5-15(16)30-12)20(29)27-14-7-9-28(10-8-14)18-11-17(21(22,23)24)25-13(2)26-18/h3-6,11-12,14,19H,7-10H2,1-2H3,(H,27,29)/t12-,19-/m1/s1. The van der Waals surface area contributed by atoms with Crippen LogP contribution in [0.4, 0.5) is 19.0 Å². The second-order valence-electron chi connectivity index (χ2n) is 7.73. The summed E-state index contributed by atoms with van der Waals surface area (Å²) in [5.41, 5.74) is -0.950. The topological polar surface area (TPSA) is 76.6 Å². The quantitative estimate of drug-likeness (QED) is 0.797. The van der Waals surface area contributed by atoms with Crippen LogP contribution in [0.2, 0.25) is 0 Å². The van der Waals surface area contributed by atoms with Crippen molar-refractivity contribution in [1.29, 1.82) is 0 Å². The van der Waals surface area contributed by atoms with Crippen LogP contribution in [0.15, 0.2) is 30.3 Å². The number of amides is 1. The molecule has 0 aliphatic carbocycles. The Bertz CT molecular complexity index is 961. The molecular weight excluding hydrogens is 413 g/mol. The minimum atomic E-state index is -4.52. The minimum Gasteiger partial charge on any atom is -0.482 e. The molecule has 1 aromatic heterocycles. The lowest BCUT2D eigenvalue weighted by Crippen LogP contribution is -2.53. The number of carbonyl (C=O) groups excluding carboxylic acids is 1. The molecule has 7 nitrogen and oxygen atoms in total. The number of carbonyl (C=O) groups is 1. The Morgan fingerprint density at radius 2 is 1.77 bits per heavy atom. The van der Waals surface area contributed by atoms with Crippen molar-refractivity contribution in [2.24, 2.45) is 0 Å². The first-order valence-corrected chi connectivity index (χ1v) is 10.1. The Labute approximate surface area is 177 Å². The maximum Gasteiger partial charge on any atom is 0.433 e. The fourth-order valence-corrected chi connectivity index (χ4v) is 3.80. The van der Waals surface area contributed by atoms with Crippen LogP contribution < -0.4 is 19.7 Å². The maximum atomic E-state index is 13.0. The number of nitrogens with one attached hydrogen (secondary N) is 1. The molecule has 31 heavy (non-hydrogen) atoms. The van der Waals surface area contributed by atoms with Gasteiger partial charge in [0.05, 0.1) is 0 Å². The van der Waals surface area contributed by atoms with Gasteiger partial charge in [-0.25, -0.2) is 9.97 Å². The van der Waals surface area contributed by atoms with Crippen molar-refractivity contribution in [3.05, 3.63) is 41.9 Å². The van der Waals surface area contributed by atoms with E-state index < -0.39 is 24.1 Å². The molecule has 166 valence electrons. The van der Waals surface area contributed by atoms with Crippen LogP contribution in [0, 0.1) is 6.92 Å². The van der Waals surface area contributed by atoms with E-state index in [1.54, 1.807) is 24.0 Å². The molecule has 0 bridgehead atoms. The Kier molecular flexibility index (Phi) is 5.63. The molecule has 1 amide bonds. The summed E-state index contributed by atoms with van der Waals surface area (Å²) in [6.07, 6.45) is -4.58. The van der Waals surface area contributed by atoms with E-state index in [1.165, 1.54) is 6.92 Å². The fourth-order valence-electron chi connectivity index (χ4n) is 3.80. The largest absolute Gasteiger partial charge is 0.482 e. The fraction of sp³-hybridized carbons (Fsp3) is 0.476. The van der Waals surface area contributed by atoms with Crippen LogP contribution in [-0.4, -0.2) is 47.2 Å². The first-order chi connectivity index (χ1) is 14.7. The third-order valence-corrected chi connectivity index (χ3v) is 5.38. The van der Waals surface area contributed by atoms with Crippen LogP contribution in [0.25, 0.3) is 0 Å². The summed E-state index contributed by atoms with van der Waals surface area (Å²) >= 11 is 0. The number of hydrogen-bond donors (Lipinski definition) is 1. The zero-order valence-corrected chi connectivity index (χ0v) is 17.1. The minimum absolute atomic E-state index is 0.0731. The van der Waals surface area contributed by atoms with Gasteiger partial charge in [-0.15, -0.1) is 0 Å². The predicted octanol–water partition coefficient (Wildman–Crippen LogP) is 3.12. The zero-order valence-electron chi connectivity index (χ0n) is 17.1. The molecule has 0 saturated carbocycles. The number of ether oxygens (including phenoxy) is 2. The van der Waals surface area contributed by atoms with Gasteiger partial charge in [0, 0.05) is 25.2 Å². The van der Waals surface area contributed by atoms with Crippen molar-refractivity contribution < 1.29 is 27.4 Å². The number of benzene rings is 1. The number of halogens is 3. The SMILES string of the molecule is Cc1nc(N2CCC(NC(=O)[C@@H]3Oc4ccccc4O[C@@H]3C)CC2)cc(C(F)(F)F)n1. The summed E-state index contributed by atoms with van der Waals surface area (Å²) in [5.74, 6) is 1.18. The van der Waals surface area contributed by atoms with Gasteiger partial charge in [0.2, 0.25) is 6.10 Å². The van der Waals surface area contributed by atoms with Gasteiger partial charge in [-0.1, -0.05) is 12.1 Å². The average Bonchev–Trinajstić information content (AvgIpc) is 2.72. The van der Waals surface area contributed by atoms with Crippen molar-refractivity contribution in [1.82, 2.24) is 15.3 Å². The van der Waals surface area contributed by atoms with Gasteiger partial charge in [0.1, 0.15) is 23.4 Å². The lowest BCUT2D eigenvalue weighted by molar-refractivity contribution is -0.141. The van der Waals surface area contributed by atoms with E-state index in [9.17, 15) is 18.0 Å². The number of piperidine rings is 1. The Morgan fingerprint density at radius 3 is 2.42 bits per heavy atom. The third kappa shape index (κ3) is 4.67. The highest BCUT2D eigenvalue weighted by Crippen LogP contribution is 2.34. The number of nitrogens with zero attached hydrogens (tertiary/aromatic N) is 3. The van der Waals surface area contributed by atoms with Crippen LogP contribution in [-0.2, 0) is 11.0 Å². The number of aryl methyl sites for hydroxylation is 1. The average molecular weight is 436 g/mol. The molecule has 2 aliphatic rings. The van der Waals surface area contributed by atoms with Gasteiger partial charge in [-0.3, -0.25) is 4.79 Å². The highest BCUT2D eigenvalue weighted by molar-refractivity contribution is 5.82. The lowest BCUT2D eigenvalue weighted by Gasteiger charge is -2.35. The molecule has 1 aromatic carbocycles. The molecule has 0 unspecified atom stereocenters. The summed E-state index contributed by atoms with van der Waals surface area (Å²) in [7, 11) is 0. The first kappa shape index (κ1) is 21.2. The van der Waals surface area contributed by atoms with Gasteiger partial charge in [-0.05, 0) is 38.8 Å². The number of para-hydroxylation sites is 2. The summed E-state index contributed by atoms with van der Waals surface area (Å²) < 4.78 is 50.7. The van der Waals surface area contributed by atoms with E-state index in [2.05, 4.69) is 15.3 Å². The molecule has 2 aromatic rings. The van der Waals surface area contributed by atoms with Crippen molar-refractivity contribution in [2.45, 2.75) is 51.1 Å². The van der Waals surface area contributed by atoms with Gasteiger partial charge in [-0.2, -0.15) is 13.2 Å². The van der Waals surface area contributed by atoms with Crippen molar-refractivity contribution in [3.8, 4) is 11.5 Å². The Balaban J connectivity index is 1.36. The highest BCUT2D eigenvalue weighted by Gasteiger charge is 2.36. The van der Waals surface area contributed by atoms with Crippen LogP contribution >= 0.6 is 0 Å². The normalized spacial score (nSPS) is 21.6. The third-order valence-electron chi connectivity index (χ3n) is 5.38. The molecule has 0 radical (unpaired) electrons. The van der Waals surface area contributed by atoms with Crippen molar-refractivity contribution in [2.75, 3.05) is 18.0 Å². The molecule has 2 atom stereocenters. The number of alkyl halides is 3. The molecule has 0 spiro atoms. The monoisotopic (exact) mass is 436 g/mol. The first-order valence-electron chi connectivity index (χ1n) is 10.1. The lowest BCUT2D eigenvalue weighted by atomic mass is 10.0. The second-order valence-corrected chi connectivity index (χ2v) is 7.73. The van der Waals surface area contributed by atoms with E-state index >= 15 is 0 Å². The highest BCUT2D eigenvalue weighted by atomic mass is 19.4. The summed E-state index contributed by atoms with van der Waals surface area (Å²) in [5, 5.41) is 2.99. The molecule has 4 rings (SSSR count). The van der Waals surface area contributed by atoms with Crippen molar-refractivity contribution in [3.63, 3.8) is 0 Å². The van der Waals surface area contributed by atoms with Crippen LogP contribution in [0.5, 0.6) is 11.5 Å². The Hall–Kier alpha value is -3.04. The Morgan fingerprint density at radius 1 is 1.13 bits per heavy atom. The summed E-state index contributed by atoms with van der Waals surface area (Å²) in [6, 6.07) is 8.04. The molecule has 1 saturated heterocycles. The van der Waals surface area contributed by atoms with E-state index in [-0.39, 0.29) is 23.6 Å². The molecule has 2 aliphatic heterocycles. The van der Waals surface area contributed by atoms with Crippen LogP contribution in [0.1, 0.15) is 31.3 Å². The number of anilines is 1. The van der Waals surface area contributed by atoms with E-state index in [4.69, 9.17) is 9.47 Å². The number of hydrogen-bond acceptors (Lipinski definition) is 6. The van der Waals surface area contributed by atoms with Gasteiger partial charge in [0.25, 0.3) is 5.91 Å². The molecule has 3 heterocycles. The van der Waals surface area contributed by atoms with Crippen LogP contribution in [0.3, 0.4) is 0 Å². The van der Waals surface area contributed by atoms with E-state index in [1.807, 2.05) is 12.1 Å². The maximum absolute atomic E-state index is 13.0. The molecule has 10 heteroatoms. The predicted molar refractivity (Wildman–Crippen MR) is 106 cm³/mol. The van der Waals surface area contributed by atoms with E-state index in [0.717, 1.165) is 6.07 Å². The molecule has 1 fully saturated rings. The zero-order chi connectivity index (χ0) is 22.2. The summed E-state index contributed by atoms with van der Waals surface area (Å²) in [6.45, 7) is 4.16. The summed E-state index contributed by atoms with van der Waals surface area (Å²) in [4.78, 5) is 22.2. The number of rotatable bonds is 3. The van der Waals surface area contributed by atoms with E-state index in [0.29, 0.717) is 37.4 Å². The van der Waals surface area contributed by atoms with Crippen molar-refractivity contribution >= 4 is 11.7 Å². The smallest absolute Gasteiger partial charge is 0.433 e. The number of fused-ring (bicyclic) bond motifs is 1.